The van der Waals surface area contributed by atoms with E-state index in [-0.39, 0.29) is 6.61 Å². The molecule has 0 unspecified atom stereocenters. The van der Waals surface area contributed by atoms with Crippen molar-refractivity contribution in [3.63, 3.8) is 0 Å². The second-order valence-corrected chi connectivity index (χ2v) is 3.96. The van der Waals surface area contributed by atoms with E-state index in [1.165, 1.54) is 0 Å². The molecule has 5 heteroatoms. The van der Waals surface area contributed by atoms with Crippen molar-refractivity contribution in [1.29, 1.82) is 0 Å². The second kappa shape index (κ2) is 5.63. The molecular weight excluding hydrogens is 277 g/mol. The summed E-state index contributed by atoms with van der Waals surface area (Å²) in [5.74, 6) is 0. The molecule has 0 spiro atoms. The smallest absolute Gasteiger partial charge is 0.261 e. The molecule has 0 aliphatic heterocycles. The van der Waals surface area contributed by atoms with Gasteiger partial charge in [-0.1, -0.05) is 33.6 Å². The number of halogens is 4. The quantitative estimate of drug-likeness (QED) is 0.815. The maximum absolute atomic E-state index is 11.7. The number of ether oxygens (including phenoxy) is 1. The summed E-state index contributed by atoms with van der Waals surface area (Å²) in [7, 11) is 0. The number of hydrogen-bond acceptors (Lipinski definition) is 1. The van der Waals surface area contributed by atoms with Gasteiger partial charge in [0.15, 0.2) is 0 Å². The molecular formula is C9H8BrClF2O. The van der Waals surface area contributed by atoms with E-state index in [2.05, 4.69) is 15.9 Å². The van der Waals surface area contributed by atoms with Crippen LogP contribution >= 0.6 is 27.5 Å². The first kappa shape index (κ1) is 11.9. The summed E-state index contributed by atoms with van der Waals surface area (Å²) in [4.78, 5) is 0. The van der Waals surface area contributed by atoms with Gasteiger partial charge in [-0.15, -0.1) is 0 Å². The Balaban J connectivity index is 2.51. The summed E-state index contributed by atoms with van der Waals surface area (Å²) in [5, 5.41) is 0.508. The standard InChI is InChI=1S/C9H8BrClF2O/c10-7-2-1-6(8(11)3-7)4-14-5-9(12)13/h1-3,9H,4-5H2. The Kier molecular flexibility index (Phi) is 4.78. The van der Waals surface area contributed by atoms with Gasteiger partial charge in [0.25, 0.3) is 6.43 Å². The van der Waals surface area contributed by atoms with Gasteiger partial charge in [-0.25, -0.2) is 8.78 Å². The molecule has 1 aromatic carbocycles. The van der Waals surface area contributed by atoms with Crippen molar-refractivity contribution >= 4 is 27.5 Å². The van der Waals surface area contributed by atoms with Crippen molar-refractivity contribution in [2.45, 2.75) is 13.0 Å². The van der Waals surface area contributed by atoms with Gasteiger partial charge in [0, 0.05) is 9.50 Å². The molecule has 0 heterocycles. The zero-order valence-corrected chi connectivity index (χ0v) is 9.49. The number of rotatable bonds is 4. The van der Waals surface area contributed by atoms with Crippen LogP contribution < -0.4 is 0 Å². The van der Waals surface area contributed by atoms with E-state index in [1.807, 2.05) is 0 Å². The third-order valence-corrected chi connectivity index (χ3v) is 2.36. The van der Waals surface area contributed by atoms with Crippen LogP contribution in [0.25, 0.3) is 0 Å². The number of hydrogen-bond donors (Lipinski definition) is 0. The Labute approximate surface area is 94.1 Å². The van der Waals surface area contributed by atoms with Crippen LogP contribution in [0.4, 0.5) is 8.78 Å². The molecule has 0 saturated heterocycles. The average Bonchev–Trinajstić information content (AvgIpc) is 2.08. The van der Waals surface area contributed by atoms with Gasteiger partial charge in [-0.3, -0.25) is 0 Å². The lowest BCUT2D eigenvalue weighted by atomic mass is 10.2. The van der Waals surface area contributed by atoms with Crippen LogP contribution in [0.1, 0.15) is 5.56 Å². The van der Waals surface area contributed by atoms with Gasteiger partial charge in [0.05, 0.1) is 6.61 Å². The monoisotopic (exact) mass is 284 g/mol. The van der Waals surface area contributed by atoms with Gasteiger partial charge < -0.3 is 4.74 Å². The molecule has 0 amide bonds. The lowest BCUT2D eigenvalue weighted by Gasteiger charge is -2.05. The minimum absolute atomic E-state index is 0.108. The molecule has 0 aliphatic carbocycles. The minimum Gasteiger partial charge on any atom is -0.371 e. The summed E-state index contributed by atoms with van der Waals surface area (Å²) >= 11 is 9.09. The molecule has 0 saturated carbocycles. The normalized spacial score (nSPS) is 10.9. The fourth-order valence-corrected chi connectivity index (χ4v) is 1.62. The molecule has 14 heavy (non-hydrogen) atoms. The molecule has 1 aromatic rings. The van der Waals surface area contributed by atoms with Crippen LogP contribution in [0.5, 0.6) is 0 Å². The Morgan fingerprint density at radius 3 is 2.71 bits per heavy atom. The molecule has 0 aromatic heterocycles. The molecule has 0 fully saturated rings. The van der Waals surface area contributed by atoms with Crippen LogP contribution in [0.15, 0.2) is 22.7 Å². The summed E-state index contributed by atoms with van der Waals surface area (Å²) in [6.07, 6.45) is -2.44. The van der Waals surface area contributed by atoms with Crippen molar-refractivity contribution in [2.75, 3.05) is 6.61 Å². The summed E-state index contributed by atoms with van der Waals surface area (Å²) in [5.41, 5.74) is 0.704. The van der Waals surface area contributed by atoms with Gasteiger partial charge in [-0.05, 0) is 17.7 Å². The highest BCUT2D eigenvalue weighted by Crippen LogP contribution is 2.21. The highest BCUT2D eigenvalue weighted by molar-refractivity contribution is 9.10. The molecule has 0 N–H and O–H groups in total. The molecule has 0 atom stereocenters. The highest BCUT2D eigenvalue weighted by Gasteiger charge is 2.04. The molecule has 1 nitrogen and oxygen atoms in total. The van der Waals surface area contributed by atoms with Crippen molar-refractivity contribution < 1.29 is 13.5 Å². The van der Waals surface area contributed by atoms with E-state index >= 15 is 0 Å². The van der Waals surface area contributed by atoms with E-state index in [4.69, 9.17) is 16.3 Å². The fraction of sp³-hybridized carbons (Fsp3) is 0.333. The van der Waals surface area contributed by atoms with Gasteiger partial charge in [0.2, 0.25) is 0 Å². The molecule has 1 rings (SSSR count). The molecule has 0 radical (unpaired) electrons. The average molecular weight is 286 g/mol. The van der Waals surface area contributed by atoms with Crippen molar-refractivity contribution in [3.8, 4) is 0 Å². The van der Waals surface area contributed by atoms with Gasteiger partial charge in [-0.2, -0.15) is 0 Å². The number of alkyl halides is 2. The van der Waals surface area contributed by atoms with Crippen LogP contribution in [0.2, 0.25) is 5.02 Å². The molecule has 78 valence electrons. The largest absolute Gasteiger partial charge is 0.371 e. The summed E-state index contributed by atoms with van der Waals surface area (Å²) in [6, 6.07) is 5.22. The lowest BCUT2D eigenvalue weighted by molar-refractivity contribution is 0.00990. The minimum atomic E-state index is -2.44. The maximum atomic E-state index is 11.7. The highest BCUT2D eigenvalue weighted by atomic mass is 79.9. The van der Waals surface area contributed by atoms with Gasteiger partial charge >= 0.3 is 0 Å². The van der Waals surface area contributed by atoms with Crippen molar-refractivity contribution in [2.24, 2.45) is 0 Å². The van der Waals surface area contributed by atoms with Crippen LogP contribution in [-0.4, -0.2) is 13.0 Å². The zero-order valence-electron chi connectivity index (χ0n) is 7.14. The van der Waals surface area contributed by atoms with E-state index in [0.29, 0.717) is 10.6 Å². The van der Waals surface area contributed by atoms with E-state index < -0.39 is 13.0 Å². The predicted octanol–water partition coefficient (Wildman–Crippen LogP) is 3.88. The third-order valence-electron chi connectivity index (χ3n) is 1.52. The Morgan fingerprint density at radius 2 is 2.14 bits per heavy atom. The molecule has 0 bridgehead atoms. The summed E-state index contributed by atoms with van der Waals surface area (Å²) < 4.78 is 29.1. The first-order valence-corrected chi connectivity index (χ1v) is 5.06. The third kappa shape index (κ3) is 3.90. The predicted molar refractivity (Wildman–Crippen MR) is 54.8 cm³/mol. The topological polar surface area (TPSA) is 9.23 Å². The lowest BCUT2D eigenvalue weighted by Crippen LogP contribution is -2.04. The van der Waals surface area contributed by atoms with Crippen LogP contribution in [0.3, 0.4) is 0 Å². The zero-order chi connectivity index (χ0) is 10.6. The van der Waals surface area contributed by atoms with E-state index in [0.717, 1.165) is 4.47 Å². The van der Waals surface area contributed by atoms with Crippen LogP contribution in [0, 0.1) is 0 Å². The van der Waals surface area contributed by atoms with Crippen molar-refractivity contribution in [3.05, 3.63) is 33.3 Å². The van der Waals surface area contributed by atoms with E-state index in [1.54, 1.807) is 18.2 Å². The SMILES string of the molecule is FC(F)COCc1ccc(Br)cc1Cl. The van der Waals surface area contributed by atoms with Gasteiger partial charge in [0.1, 0.15) is 6.61 Å². The number of benzene rings is 1. The molecule has 0 aliphatic rings. The summed E-state index contributed by atoms with van der Waals surface area (Å²) in [6.45, 7) is -0.456. The van der Waals surface area contributed by atoms with Crippen LogP contribution in [-0.2, 0) is 11.3 Å². The Bertz CT molecular complexity index is 307. The Hall–Kier alpha value is -0.190. The second-order valence-electron chi connectivity index (χ2n) is 2.64. The van der Waals surface area contributed by atoms with Crippen molar-refractivity contribution in [1.82, 2.24) is 0 Å². The van der Waals surface area contributed by atoms with E-state index in [9.17, 15) is 8.78 Å². The first-order valence-electron chi connectivity index (χ1n) is 3.89. The first-order chi connectivity index (χ1) is 6.59. The fourth-order valence-electron chi connectivity index (χ4n) is 0.897. The Morgan fingerprint density at radius 1 is 1.43 bits per heavy atom. The maximum Gasteiger partial charge on any atom is 0.261 e.